The van der Waals surface area contributed by atoms with Crippen LogP contribution in [-0.4, -0.2) is 4.98 Å². The number of pyridine rings is 1. The van der Waals surface area contributed by atoms with Gasteiger partial charge in [-0.25, -0.2) is 9.37 Å². The van der Waals surface area contributed by atoms with Crippen LogP contribution in [0.1, 0.15) is 50.8 Å². The first-order chi connectivity index (χ1) is 6.89. The van der Waals surface area contributed by atoms with Crippen molar-refractivity contribution < 1.29 is 4.39 Å². The Labute approximate surface area is 98.2 Å². The number of aromatic nitrogens is 1. The zero-order valence-corrected chi connectivity index (χ0v) is 10.9. The summed E-state index contributed by atoms with van der Waals surface area (Å²) in [5.74, 6) is 0.247. The summed E-state index contributed by atoms with van der Waals surface area (Å²) in [6.45, 7) is 6.07. The monoisotopic (exact) mass is 271 g/mol. The van der Waals surface area contributed by atoms with E-state index >= 15 is 0 Å². The molecule has 0 atom stereocenters. The Bertz CT molecular complexity index is 391. The van der Waals surface area contributed by atoms with Crippen molar-refractivity contribution in [2.75, 3.05) is 0 Å². The van der Waals surface area contributed by atoms with Gasteiger partial charge in [0, 0.05) is 5.92 Å². The van der Waals surface area contributed by atoms with E-state index in [9.17, 15) is 4.39 Å². The molecule has 1 aromatic heterocycles. The third-order valence-corrected chi connectivity index (χ3v) is 3.13. The van der Waals surface area contributed by atoms with E-state index in [2.05, 4.69) is 20.9 Å². The number of halogens is 2. The Kier molecular flexibility index (Phi) is 2.61. The molecule has 0 unspecified atom stereocenters. The minimum absolute atomic E-state index is 0.104. The summed E-state index contributed by atoms with van der Waals surface area (Å²) in [6.07, 6.45) is 2.15. The van der Waals surface area contributed by atoms with Crippen molar-refractivity contribution in [2.45, 2.75) is 44.9 Å². The maximum atomic E-state index is 14.2. The van der Waals surface area contributed by atoms with Gasteiger partial charge in [0.2, 0.25) is 0 Å². The average Bonchev–Trinajstić information content (AvgIpc) is 2.89. The highest BCUT2D eigenvalue weighted by atomic mass is 79.9. The van der Waals surface area contributed by atoms with Crippen LogP contribution in [0.3, 0.4) is 0 Å². The first kappa shape index (κ1) is 11.1. The molecule has 1 nitrogen and oxygen atoms in total. The second kappa shape index (κ2) is 3.55. The highest BCUT2D eigenvalue weighted by molar-refractivity contribution is 9.10. The van der Waals surface area contributed by atoms with Crippen molar-refractivity contribution in [3.05, 3.63) is 27.7 Å². The smallest absolute Gasteiger partial charge is 0.148 e. The Morgan fingerprint density at radius 1 is 1.40 bits per heavy atom. The van der Waals surface area contributed by atoms with Crippen molar-refractivity contribution in [2.24, 2.45) is 0 Å². The summed E-state index contributed by atoms with van der Waals surface area (Å²) in [6, 6.07) is 1.79. The summed E-state index contributed by atoms with van der Waals surface area (Å²) in [7, 11) is 0. The molecule has 0 radical (unpaired) electrons. The fraction of sp³-hybridized carbons (Fsp3) is 0.583. The van der Waals surface area contributed by atoms with Crippen molar-refractivity contribution in [1.29, 1.82) is 0 Å². The predicted molar refractivity (Wildman–Crippen MR) is 62.6 cm³/mol. The van der Waals surface area contributed by atoms with Gasteiger partial charge in [0.1, 0.15) is 10.4 Å². The lowest BCUT2D eigenvalue weighted by Crippen LogP contribution is -2.15. The largest absolute Gasteiger partial charge is 0.243 e. The second-order valence-corrected chi connectivity index (χ2v) is 6.03. The maximum Gasteiger partial charge on any atom is 0.148 e. The molecule has 0 bridgehead atoms. The molecule has 1 heterocycles. The third-order valence-electron chi connectivity index (χ3n) is 2.72. The molecule has 0 aliphatic heterocycles. The van der Waals surface area contributed by atoms with Gasteiger partial charge in [-0.2, -0.15) is 0 Å². The van der Waals surface area contributed by atoms with Gasteiger partial charge in [-0.05, 0) is 45.8 Å². The van der Waals surface area contributed by atoms with Crippen molar-refractivity contribution in [3.8, 4) is 0 Å². The van der Waals surface area contributed by atoms with E-state index in [1.54, 1.807) is 6.07 Å². The summed E-state index contributed by atoms with van der Waals surface area (Å²) in [5.41, 5.74) is 1.24. The van der Waals surface area contributed by atoms with E-state index in [4.69, 9.17) is 0 Å². The molecule has 0 N–H and O–H groups in total. The van der Waals surface area contributed by atoms with Gasteiger partial charge in [0.25, 0.3) is 0 Å². The molecule has 1 fully saturated rings. The molecule has 82 valence electrons. The zero-order chi connectivity index (χ0) is 11.2. The number of nitrogens with zero attached hydrogens (tertiary/aromatic N) is 1. The standard InChI is InChI=1S/C12H15BrFN/c1-12(2,3)8-6-9(13)15-11(10(8)14)7-4-5-7/h6-7H,4-5H2,1-3H3. The van der Waals surface area contributed by atoms with E-state index in [1.165, 1.54) is 0 Å². The lowest BCUT2D eigenvalue weighted by atomic mass is 9.86. The first-order valence-electron chi connectivity index (χ1n) is 5.26. The SMILES string of the molecule is CC(C)(C)c1cc(Br)nc(C2CC2)c1F. The van der Waals surface area contributed by atoms with Crippen LogP contribution in [0, 0.1) is 5.82 Å². The van der Waals surface area contributed by atoms with E-state index in [-0.39, 0.29) is 11.2 Å². The van der Waals surface area contributed by atoms with E-state index in [0.717, 1.165) is 23.0 Å². The van der Waals surface area contributed by atoms with Crippen LogP contribution in [0.25, 0.3) is 0 Å². The molecular weight excluding hydrogens is 257 g/mol. The highest BCUT2D eigenvalue weighted by Crippen LogP contribution is 2.42. The molecule has 15 heavy (non-hydrogen) atoms. The van der Waals surface area contributed by atoms with Crippen LogP contribution >= 0.6 is 15.9 Å². The van der Waals surface area contributed by atoms with Crippen molar-refractivity contribution in [1.82, 2.24) is 4.98 Å². The minimum atomic E-state index is -0.167. The molecule has 0 aromatic carbocycles. The topological polar surface area (TPSA) is 12.9 Å². The second-order valence-electron chi connectivity index (χ2n) is 5.22. The summed E-state index contributed by atoms with van der Waals surface area (Å²) >= 11 is 3.36. The highest BCUT2D eigenvalue weighted by Gasteiger charge is 2.31. The van der Waals surface area contributed by atoms with Gasteiger partial charge in [0.05, 0.1) is 5.69 Å². The molecular formula is C12H15BrFN. The van der Waals surface area contributed by atoms with Crippen LogP contribution in [0.2, 0.25) is 0 Å². The molecule has 0 spiro atoms. The van der Waals surface area contributed by atoms with Crippen LogP contribution in [0.5, 0.6) is 0 Å². The van der Waals surface area contributed by atoms with Gasteiger partial charge in [-0.15, -0.1) is 0 Å². The Hall–Kier alpha value is -0.440. The van der Waals surface area contributed by atoms with Gasteiger partial charge < -0.3 is 0 Å². The molecule has 0 saturated heterocycles. The third kappa shape index (κ3) is 2.22. The molecule has 2 rings (SSSR count). The summed E-state index contributed by atoms with van der Waals surface area (Å²) in [4.78, 5) is 4.25. The van der Waals surface area contributed by atoms with E-state index in [1.807, 2.05) is 20.8 Å². The Morgan fingerprint density at radius 3 is 2.47 bits per heavy atom. The Morgan fingerprint density at radius 2 is 2.00 bits per heavy atom. The number of hydrogen-bond acceptors (Lipinski definition) is 1. The van der Waals surface area contributed by atoms with Crippen molar-refractivity contribution in [3.63, 3.8) is 0 Å². The van der Waals surface area contributed by atoms with Gasteiger partial charge in [0.15, 0.2) is 0 Å². The molecule has 1 aliphatic carbocycles. The fourth-order valence-electron chi connectivity index (χ4n) is 1.69. The van der Waals surface area contributed by atoms with Crippen LogP contribution in [-0.2, 0) is 5.41 Å². The predicted octanol–water partition coefficient (Wildman–Crippen LogP) is 4.16. The van der Waals surface area contributed by atoms with Gasteiger partial charge >= 0.3 is 0 Å². The van der Waals surface area contributed by atoms with Gasteiger partial charge in [-0.1, -0.05) is 20.8 Å². The quantitative estimate of drug-likeness (QED) is 0.699. The molecule has 1 aromatic rings. The average molecular weight is 272 g/mol. The summed E-state index contributed by atoms with van der Waals surface area (Å²) in [5, 5.41) is 0. The molecule has 1 aliphatic rings. The van der Waals surface area contributed by atoms with Crippen molar-refractivity contribution >= 4 is 15.9 Å². The minimum Gasteiger partial charge on any atom is -0.243 e. The van der Waals surface area contributed by atoms with Crippen LogP contribution in [0.4, 0.5) is 4.39 Å². The number of hydrogen-bond donors (Lipinski definition) is 0. The Balaban J connectivity index is 2.54. The molecule has 0 amide bonds. The van der Waals surface area contributed by atoms with E-state index < -0.39 is 0 Å². The number of rotatable bonds is 1. The first-order valence-corrected chi connectivity index (χ1v) is 6.05. The molecule has 1 saturated carbocycles. The van der Waals surface area contributed by atoms with E-state index in [0.29, 0.717) is 11.6 Å². The van der Waals surface area contributed by atoms with Crippen LogP contribution < -0.4 is 0 Å². The fourth-order valence-corrected chi connectivity index (χ4v) is 2.11. The van der Waals surface area contributed by atoms with Crippen LogP contribution in [0.15, 0.2) is 10.7 Å². The zero-order valence-electron chi connectivity index (χ0n) is 9.27. The maximum absolute atomic E-state index is 14.2. The van der Waals surface area contributed by atoms with Gasteiger partial charge in [-0.3, -0.25) is 0 Å². The summed E-state index contributed by atoms with van der Waals surface area (Å²) < 4.78 is 14.9. The lowest BCUT2D eigenvalue weighted by molar-refractivity contribution is 0.508. The lowest BCUT2D eigenvalue weighted by Gasteiger charge is -2.21. The normalized spacial score (nSPS) is 16.9. The molecule has 3 heteroatoms.